The Morgan fingerprint density at radius 1 is 1.09 bits per heavy atom. The third-order valence-corrected chi connectivity index (χ3v) is 5.47. The van der Waals surface area contributed by atoms with Crippen molar-refractivity contribution in [2.24, 2.45) is 7.05 Å². The molecular formula is C27H34N2O3. The van der Waals surface area contributed by atoms with Crippen molar-refractivity contribution in [3.05, 3.63) is 76.6 Å². The molecule has 0 bridgehead atoms. The molecule has 170 valence electrons. The van der Waals surface area contributed by atoms with Crippen LogP contribution in [-0.2, 0) is 31.2 Å². The van der Waals surface area contributed by atoms with Gasteiger partial charge in [-0.15, -0.1) is 0 Å². The molecule has 0 saturated heterocycles. The molecule has 0 saturated carbocycles. The number of aliphatic hydroxyl groups is 1. The van der Waals surface area contributed by atoms with E-state index in [1.54, 1.807) is 10.7 Å². The number of rotatable bonds is 8. The Balaban J connectivity index is 1.87. The summed E-state index contributed by atoms with van der Waals surface area (Å²) < 4.78 is 7.39. The molecule has 32 heavy (non-hydrogen) atoms. The Morgan fingerprint density at radius 3 is 2.41 bits per heavy atom. The second kappa shape index (κ2) is 10.1. The molecule has 0 aliphatic carbocycles. The van der Waals surface area contributed by atoms with Crippen molar-refractivity contribution in [2.45, 2.75) is 65.6 Å². The van der Waals surface area contributed by atoms with E-state index in [4.69, 9.17) is 4.74 Å². The van der Waals surface area contributed by atoms with Crippen molar-refractivity contribution >= 4 is 5.97 Å². The molecule has 1 aromatic heterocycles. The van der Waals surface area contributed by atoms with Crippen molar-refractivity contribution < 1.29 is 14.6 Å². The van der Waals surface area contributed by atoms with Gasteiger partial charge in [0.05, 0.1) is 23.6 Å². The molecule has 3 aromatic rings. The van der Waals surface area contributed by atoms with E-state index in [0.717, 1.165) is 59.3 Å². The summed E-state index contributed by atoms with van der Waals surface area (Å²) in [5.74, 6) is -0.319. The van der Waals surface area contributed by atoms with Crippen LogP contribution in [0.15, 0.2) is 48.5 Å². The van der Waals surface area contributed by atoms with Gasteiger partial charge in [0.2, 0.25) is 0 Å². The molecular weight excluding hydrogens is 400 g/mol. The predicted molar refractivity (Wildman–Crippen MR) is 128 cm³/mol. The van der Waals surface area contributed by atoms with E-state index in [-0.39, 0.29) is 12.6 Å². The molecule has 1 heterocycles. The summed E-state index contributed by atoms with van der Waals surface area (Å²) in [4.78, 5) is 12.7. The van der Waals surface area contributed by atoms with Crippen LogP contribution in [0, 0.1) is 0 Å². The fourth-order valence-electron chi connectivity index (χ4n) is 3.86. The lowest BCUT2D eigenvalue weighted by molar-refractivity contribution is 0.00704. The Hall–Kier alpha value is -2.92. The first-order valence-corrected chi connectivity index (χ1v) is 11.3. The van der Waals surface area contributed by atoms with Gasteiger partial charge < -0.3 is 9.84 Å². The van der Waals surface area contributed by atoms with Crippen LogP contribution in [0.1, 0.15) is 73.4 Å². The van der Waals surface area contributed by atoms with Crippen LogP contribution in [0.3, 0.4) is 0 Å². The van der Waals surface area contributed by atoms with Crippen LogP contribution < -0.4 is 0 Å². The minimum absolute atomic E-state index is 0.0215. The summed E-state index contributed by atoms with van der Waals surface area (Å²) >= 11 is 0. The summed E-state index contributed by atoms with van der Waals surface area (Å²) in [5.41, 5.74) is 6.04. The number of hydrogen-bond acceptors (Lipinski definition) is 4. The smallest absolute Gasteiger partial charge is 0.339 e. The highest BCUT2D eigenvalue weighted by atomic mass is 16.6. The van der Waals surface area contributed by atoms with Crippen LogP contribution >= 0.6 is 0 Å². The fraction of sp³-hybridized carbons (Fsp3) is 0.407. The lowest BCUT2D eigenvalue weighted by Gasteiger charge is -2.20. The molecule has 0 spiro atoms. The van der Waals surface area contributed by atoms with E-state index in [1.807, 2.05) is 58.2 Å². The average molecular weight is 435 g/mol. The quantitative estimate of drug-likeness (QED) is 0.478. The number of aromatic nitrogens is 2. The van der Waals surface area contributed by atoms with Crippen LogP contribution in [-0.4, -0.2) is 26.5 Å². The van der Waals surface area contributed by atoms with Gasteiger partial charge in [-0.2, -0.15) is 5.10 Å². The highest BCUT2D eigenvalue weighted by Crippen LogP contribution is 2.27. The monoisotopic (exact) mass is 434 g/mol. The number of unbranched alkanes of at least 4 members (excludes halogenated alkanes) is 1. The highest BCUT2D eigenvalue weighted by Gasteiger charge is 2.21. The van der Waals surface area contributed by atoms with Gasteiger partial charge in [0, 0.05) is 19.0 Å². The first-order valence-electron chi connectivity index (χ1n) is 11.3. The molecule has 0 amide bonds. The van der Waals surface area contributed by atoms with Gasteiger partial charge in [-0.1, -0.05) is 55.8 Å². The number of ether oxygens (including phenoxy) is 1. The minimum atomic E-state index is -0.544. The van der Waals surface area contributed by atoms with Gasteiger partial charge in [-0.25, -0.2) is 4.79 Å². The van der Waals surface area contributed by atoms with Gasteiger partial charge in [0.25, 0.3) is 0 Å². The predicted octanol–water partition coefficient (Wildman–Crippen LogP) is 5.47. The Morgan fingerprint density at radius 2 is 1.78 bits per heavy atom. The fourth-order valence-corrected chi connectivity index (χ4v) is 3.86. The molecule has 2 aromatic carbocycles. The number of carbonyl (C=O) groups is 1. The molecule has 0 unspecified atom stereocenters. The molecule has 1 N–H and O–H groups in total. The summed E-state index contributed by atoms with van der Waals surface area (Å²) in [6.45, 7) is 7.76. The van der Waals surface area contributed by atoms with Gasteiger partial charge in [0.1, 0.15) is 5.60 Å². The topological polar surface area (TPSA) is 64.3 Å². The summed E-state index contributed by atoms with van der Waals surface area (Å²) in [5, 5.41) is 14.5. The standard InChI is InChI=1S/C27H34N2O3/c1-6-7-12-24-23(25(18-30)29(5)28-24)17-19-13-15-20(16-14-19)21-10-8-9-11-22(21)26(31)32-27(2,3)4/h8-11,13-16,30H,6-7,12,17-18H2,1-5H3. The van der Waals surface area contributed by atoms with Crippen LogP contribution in [0.2, 0.25) is 0 Å². The second-order valence-corrected chi connectivity index (χ2v) is 9.18. The van der Waals surface area contributed by atoms with E-state index in [0.29, 0.717) is 5.56 Å². The normalized spacial score (nSPS) is 11.6. The lowest BCUT2D eigenvalue weighted by Crippen LogP contribution is -2.24. The average Bonchev–Trinajstić information content (AvgIpc) is 3.05. The number of hydrogen-bond donors (Lipinski definition) is 1. The van der Waals surface area contributed by atoms with Crippen molar-refractivity contribution in [1.82, 2.24) is 9.78 Å². The molecule has 0 fully saturated rings. The molecule has 0 atom stereocenters. The SMILES string of the molecule is CCCCc1nn(C)c(CO)c1Cc1ccc(-c2ccccc2C(=O)OC(C)(C)C)cc1. The van der Waals surface area contributed by atoms with E-state index >= 15 is 0 Å². The van der Waals surface area contributed by atoms with Crippen LogP contribution in [0.25, 0.3) is 11.1 Å². The summed E-state index contributed by atoms with van der Waals surface area (Å²) in [6.07, 6.45) is 3.82. The number of carbonyl (C=O) groups excluding carboxylic acids is 1. The third kappa shape index (κ3) is 5.65. The molecule has 0 aliphatic heterocycles. The first-order chi connectivity index (χ1) is 15.2. The maximum absolute atomic E-state index is 12.7. The van der Waals surface area contributed by atoms with E-state index in [1.165, 1.54) is 0 Å². The first kappa shape index (κ1) is 23.7. The van der Waals surface area contributed by atoms with Crippen molar-refractivity contribution in [1.29, 1.82) is 0 Å². The summed E-state index contributed by atoms with van der Waals surface area (Å²) in [7, 11) is 1.89. The number of esters is 1. The van der Waals surface area contributed by atoms with Crippen LogP contribution in [0.4, 0.5) is 0 Å². The molecule has 3 rings (SSSR count). The molecule has 5 nitrogen and oxygen atoms in total. The second-order valence-electron chi connectivity index (χ2n) is 9.18. The Bertz CT molecular complexity index is 1060. The van der Waals surface area contributed by atoms with E-state index in [2.05, 4.69) is 24.2 Å². The molecule has 0 radical (unpaired) electrons. The largest absolute Gasteiger partial charge is 0.456 e. The Kier molecular flexibility index (Phi) is 7.52. The number of aryl methyl sites for hydroxylation is 2. The van der Waals surface area contributed by atoms with Crippen molar-refractivity contribution in [3.8, 4) is 11.1 Å². The van der Waals surface area contributed by atoms with Crippen molar-refractivity contribution in [3.63, 3.8) is 0 Å². The van der Waals surface area contributed by atoms with Crippen molar-refractivity contribution in [2.75, 3.05) is 0 Å². The molecule has 0 aliphatic rings. The molecule has 5 heteroatoms. The summed E-state index contributed by atoms with van der Waals surface area (Å²) in [6, 6.07) is 15.8. The number of benzene rings is 2. The van der Waals surface area contributed by atoms with Gasteiger partial charge in [0.15, 0.2) is 0 Å². The maximum atomic E-state index is 12.7. The minimum Gasteiger partial charge on any atom is -0.456 e. The zero-order valence-electron chi connectivity index (χ0n) is 19.8. The Labute approximate surface area is 191 Å². The van der Waals surface area contributed by atoms with Gasteiger partial charge in [-0.3, -0.25) is 4.68 Å². The zero-order chi connectivity index (χ0) is 23.3. The van der Waals surface area contributed by atoms with Gasteiger partial charge >= 0.3 is 5.97 Å². The third-order valence-electron chi connectivity index (χ3n) is 5.47. The van der Waals surface area contributed by atoms with Gasteiger partial charge in [-0.05, 0) is 56.4 Å². The van der Waals surface area contributed by atoms with E-state index in [9.17, 15) is 9.90 Å². The lowest BCUT2D eigenvalue weighted by atomic mass is 9.96. The number of aliphatic hydroxyl groups excluding tert-OH is 1. The number of nitrogens with zero attached hydrogens (tertiary/aromatic N) is 2. The maximum Gasteiger partial charge on any atom is 0.339 e. The van der Waals surface area contributed by atoms with E-state index < -0.39 is 5.60 Å². The zero-order valence-corrected chi connectivity index (χ0v) is 19.8. The van der Waals surface area contributed by atoms with Crippen LogP contribution in [0.5, 0.6) is 0 Å². The highest BCUT2D eigenvalue weighted by molar-refractivity contribution is 5.97.